The number of nitro benzene ring substituents is 1. The molecule has 0 aromatic heterocycles. The van der Waals surface area contributed by atoms with E-state index in [2.05, 4.69) is 0 Å². The lowest BCUT2D eigenvalue weighted by molar-refractivity contribution is -0.384. The van der Waals surface area contributed by atoms with Crippen LogP contribution in [0, 0.1) is 17.0 Å². The quantitative estimate of drug-likeness (QED) is 0.163. The first-order chi connectivity index (χ1) is 17.7. The number of benzene rings is 3. The number of amides is 1. The summed E-state index contributed by atoms with van der Waals surface area (Å²) in [5.74, 6) is -1.31. The molecule has 1 heterocycles. The van der Waals surface area contributed by atoms with Crippen molar-refractivity contribution in [3.8, 4) is 17.2 Å². The minimum atomic E-state index is -1.06. The first kappa shape index (κ1) is 25.2. The van der Waals surface area contributed by atoms with Crippen molar-refractivity contribution in [1.82, 2.24) is 0 Å². The van der Waals surface area contributed by atoms with Gasteiger partial charge >= 0.3 is 0 Å². The third-order valence-corrected chi connectivity index (χ3v) is 6.08. The summed E-state index contributed by atoms with van der Waals surface area (Å²) in [5.41, 5.74) is 1.50. The molecular weight excluding hydrogens is 480 g/mol. The Morgan fingerprint density at radius 1 is 0.946 bits per heavy atom. The second-order valence-corrected chi connectivity index (χ2v) is 8.27. The van der Waals surface area contributed by atoms with E-state index in [1.807, 2.05) is 13.0 Å². The number of ether oxygens (including phenoxy) is 3. The number of methoxy groups -OCH3 is 3. The highest BCUT2D eigenvalue weighted by atomic mass is 16.6. The number of carbonyl (C=O) groups excluding carboxylic acids is 2. The van der Waals surface area contributed by atoms with Gasteiger partial charge in [-0.3, -0.25) is 24.6 Å². The Balaban J connectivity index is 2.00. The molecular formula is C27H24N2O8. The molecule has 0 aliphatic carbocycles. The van der Waals surface area contributed by atoms with Gasteiger partial charge in [-0.25, -0.2) is 0 Å². The molecule has 190 valence electrons. The Kier molecular flexibility index (Phi) is 6.83. The number of aliphatic hydroxyl groups is 1. The predicted molar refractivity (Wildman–Crippen MR) is 135 cm³/mol. The molecule has 3 aromatic rings. The lowest BCUT2D eigenvalue weighted by Gasteiger charge is -2.27. The maximum Gasteiger partial charge on any atom is 0.300 e. The standard InChI is InChI=1S/C27H24N2O8/c1-15-6-5-7-19(12-15)28-23(17-13-20(35-2)26(37-4)21(14-17)36-3)22(25(31)27(28)32)24(30)16-8-10-18(11-9-16)29(33)34/h5-14,23,30H,1-4H3/b24-22+. The fourth-order valence-electron chi connectivity index (χ4n) is 4.35. The third kappa shape index (κ3) is 4.44. The van der Waals surface area contributed by atoms with Gasteiger partial charge in [0.2, 0.25) is 5.75 Å². The Labute approximate surface area is 212 Å². The molecule has 0 saturated carbocycles. The molecule has 1 amide bonds. The smallest absolute Gasteiger partial charge is 0.300 e. The first-order valence-corrected chi connectivity index (χ1v) is 11.1. The number of hydrogen-bond acceptors (Lipinski definition) is 8. The molecule has 10 nitrogen and oxygen atoms in total. The van der Waals surface area contributed by atoms with Crippen molar-refractivity contribution in [1.29, 1.82) is 0 Å². The summed E-state index contributed by atoms with van der Waals surface area (Å²) < 4.78 is 16.4. The van der Waals surface area contributed by atoms with E-state index in [0.29, 0.717) is 28.5 Å². The summed E-state index contributed by atoms with van der Waals surface area (Å²) in [5, 5.41) is 22.3. The zero-order valence-electron chi connectivity index (χ0n) is 20.6. The van der Waals surface area contributed by atoms with Crippen molar-refractivity contribution >= 4 is 28.8 Å². The number of ketones is 1. The topological polar surface area (TPSA) is 128 Å². The monoisotopic (exact) mass is 504 g/mol. The van der Waals surface area contributed by atoms with Gasteiger partial charge in [0, 0.05) is 23.4 Å². The van der Waals surface area contributed by atoms with Gasteiger partial charge in [-0.1, -0.05) is 12.1 Å². The molecule has 0 bridgehead atoms. The van der Waals surface area contributed by atoms with Crippen molar-refractivity contribution in [2.45, 2.75) is 13.0 Å². The number of nitrogens with zero attached hydrogens (tertiary/aromatic N) is 2. The van der Waals surface area contributed by atoms with Gasteiger partial charge in [0.05, 0.1) is 37.9 Å². The van der Waals surface area contributed by atoms with Crippen molar-refractivity contribution in [2.24, 2.45) is 0 Å². The molecule has 0 radical (unpaired) electrons. The molecule has 1 fully saturated rings. The summed E-state index contributed by atoms with van der Waals surface area (Å²) >= 11 is 0. The Hall–Kier alpha value is -4.86. The van der Waals surface area contributed by atoms with Gasteiger partial charge in [-0.15, -0.1) is 0 Å². The Morgan fingerprint density at radius 2 is 1.57 bits per heavy atom. The van der Waals surface area contributed by atoms with Gasteiger partial charge in [0.15, 0.2) is 11.5 Å². The van der Waals surface area contributed by atoms with Crippen LogP contribution in [-0.2, 0) is 9.59 Å². The molecule has 4 rings (SSSR count). The highest BCUT2D eigenvalue weighted by Gasteiger charge is 2.47. The molecule has 3 aromatic carbocycles. The highest BCUT2D eigenvalue weighted by molar-refractivity contribution is 6.51. The van der Waals surface area contributed by atoms with Crippen molar-refractivity contribution in [3.05, 3.63) is 93.0 Å². The molecule has 37 heavy (non-hydrogen) atoms. The van der Waals surface area contributed by atoms with Gasteiger partial charge in [-0.2, -0.15) is 0 Å². The molecule has 1 aliphatic rings. The maximum absolute atomic E-state index is 13.4. The van der Waals surface area contributed by atoms with Gasteiger partial charge in [-0.05, 0) is 54.4 Å². The molecule has 1 atom stereocenters. The predicted octanol–water partition coefficient (Wildman–Crippen LogP) is 4.56. The van der Waals surface area contributed by atoms with Crippen LogP contribution in [0.15, 0.2) is 66.2 Å². The lowest BCUT2D eigenvalue weighted by atomic mass is 9.94. The Morgan fingerprint density at radius 3 is 2.08 bits per heavy atom. The number of non-ortho nitro benzene ring substituents is 1. The average Bonchev–Trinajstić information content (AvgIpc) is 3.17. The number of Topliss-reactive ketones (excluding diaryl/α,β-unsaturated/α-hetero) is 1. The summed E-state index contributed by atoms with van der Waals surface area (Å²) in [6.07, 6.45) is 0. The van der Waals surface area contributed by atoms with Crippen LogP contribution in [0.1, 0.15) is 22.7 Å². The summed E-state index contributed by atoms with van der Waals surface area (Å²) in [6, 6.07) is 14.2. The summed E-state index contributed by atoms with van der Waals surface area (Å²) in [6.45, 7) is 1.85. The highest BCUT2D eigenvalue weighted by Crippen LogP contribution is 2.47. The number of aliphatic hydroxyl groups excluding tert-OH is 1. The number of nitro groups is 1. The minimum absolute atomic E-state index is 0.144. The van der Waals surface area contributed by atoms with Crippen LogP contribution in [0.4, 0.5) is 11.4 Å². The van der Waals surface area contributed by atoms with E-state index >= 15 is 0 Å². The minimum Gasteiger partial charge on any atom is -0.507 e. The molecule has 10 heteroatoms. The number of hydrogen-bond donors (Lipinski definition) is 1. The van der Waals surface area contributed by atoms with Crippen molar-refractivity contribution < 1.29 is 33.8 Å². The van der Waals surface area contributed by atoms with E-state index in [1.54, 1.807) is 30.3 Å². The molecule has 1 aliphatic heterocycles. The fraction of sp³-hybridized carbons (Fsp3) is 0.185. The molecule has 1 saturated heterocycles. The number of anilines is 1. The summed E-state index contributed by atoms with van der Waals surface area (Å²) in [4.78, 5) is 38.5. The molecule has 1 unspecified atom stereocenters. The van der Waals surface area contributed by atoms with Gasteiger partial charge in [0.1, 0.15) is 5.76 Å². The molecule has 1 N–H and O–H groups in total. The van der Waals surface area contributed by atoms with E-state index in [0.717, 1.165) is 5.56 Å². The Bertz CT molecular complexity index is 1400. The largest absolute Gasteiger partial charge is 0.507 e. The second-order valence-electron chi connectivity index (χ2n) is 8.27. The van der Waals surface area contributed by atoms with Crippen LogP contribution in [0.25, 0.3) is 5.76 Å². The van der Waals surface area contributed by atoms with Crippen LogP contribution in [0.3, 0.4) is 0 Å². The van der Waals surface area contributed by atoms with Gasteiger partial charge in [0.25, 0.3) is 17.4 Å². The first-order valence-electron chi connectivity index (χ1n) is 11.1. The lowest BCUT2D eigenvalue weighted by Crippen LogP contribution is -2.29. The molecule has 0 spiro atoms. The van der Waals surface area contributed by atoms with Crippen LogP contribution in [-0.4, -0.2) is 43.0 Å². The van der Waals surface area contributed by atoms with Crippen molar-refractivity contribution in [3.63, 3.8) is 0 Å². The van der Waals surface area contributed by atoms with Crippen LogP contribution in [0.2, 0.25) is 0 Å². The second kappa shape index (κ2) is 10.0. The van der Waals surface area contributed by atoms with E-state index in [4.69, 9.17) is 14.2 Å². The average molecular weight is 504 g/mol. The third-order valence-electron chi connectivity index (χ3n) is 6.08. The van der Waals surface area contributed by atoms with E-state index in [-0.39, 0.29) is 16.8 Å². The van der Waals surface area contributed by atoms with E-state index in [9.17, 15) is 24.8 Å². The normalized spacial score (nSPS) is 16.5. The zero-order chi connectivity index (χ0) is 26.9. The fourth-order valence-corrected chi connectivity index (χ4v) is 4.35. The van der Waals surface area contributed by atoms with Crippen LogP contribution < -0.4 is 19.1 Å². The van der Waals surface area contributed by atoms with Gasteiger partial charge < -0.3 is 19.3 Å². The zero-order valence-corrected chi connectivity index (χ0v) is 20.6. The van der Waals surface area contributed by atoms with Crippen LogP contribution >= 0.6 is 0 Å². The number of aryl methyl sites for hydroxylation is 1. The van der Waals surface area contributed by atoms with Crippen molar-refractivity contribution in [2.75, 3.05) is 26.2 Å². The number of carbonyl (C=O) groups is 2. The SMILES string of the molecule is COc1cc(C2/C(=C(\O)c3ccc([N+](=O)[O-])cc3)C(=O)C(=O)N2c2cccc(C)c2)cc(OC)c1OC. The maximum atomic E-state index is 13.4. The summed E-state index contributed by atoms with van der Waals surface area (Å²) in [7, 11) is 4.33. The van der Waals surface area contributed by atoms with Crippen LogP contribution in [0.5, 0.6) is 17.2 Å². The van der Waals surface area contributed by atoms with E-state index in [1.165, 1.54) is 50.5 Å². The number of rotatable bonds is 7. The van der Waals surface area contributed by atoms with E-state index < -0.39 is 28.4 Å².